The van der Waals surface area contributed by atoms with Gasteiger partial charge < -0.3 is 10.6 Å². The molecule has 1 heterocycles. The van der Waals surface area contributed by atoms with E-state index < -0.39 is 0 Å². The van der Waals surface area contributed by atoms with Crippen LogP contribution in [-0.4, -0.2) is 23.3 Å². The van der Waals surface area contributed by atoms with Crippen LogP contribution < -0.4 is 10.6 Å². The fourth-order valence-electron chi connectivity index (χ4n) is 2.38. The number of carbonyl (C=O) groups excluding carboxylic acids is 2. The van der Waals surface area contributed by atoms with Gasteiger partial charge in [-0.3, -0.25) is 9.59 Å². The fourth-order valence-corrected chi connectivity index (χ4v) is 3.44. The van der Waals surface area contributed by atoms with Crippen molar-refractivity contribution in [3.8, 4) is 0 Å². The summed E-state index contributed by atoms with van der Waals surface area (Å²) in [5.41, 5.74) is 1.15. The highest BCUT2D eigenvalue weighted by Crippen LogP contribution is 2.30. The third kappa shape index (κ3) is 3.36. The molecule has 0 saturated heterocycles. The molecule has 0 aromatic carbocycles. The Hall–Kier alpha value is -1.43. The first-order chi connectivity index (χ1) is 9.72. The molecule has 5 nitrogen and oxygen atoms in total. The van der Waals surface area contributed by atoms with Crippen LogP contribution in [0.3, 0.4) is 0 Å². The summed E-state index contributed by atoms with van der Waals surface area (Å²) in [6, 6.07) is 0. The number of aryl methyl sites for hydroxylation is 2. The molecule has 6 heteroatoms. The van der Waals surface area contributed by atoms with Gasteiger partial charge in [0.05, 0.1) is 5.69 Å². The highest BCUT2D eigenvalue weighted by atomic mass is 32.1. The van der Waals surface area contributed by atoms with Crippen LogP contribution in [0.2, 0.25) is 0 Å². The van der Waals surface area contributed by atoms with Gasteiger partial charge in [-0.25, -0.2) is 4.98 Å². The number of thiazole rings is 1. The third-order valence-corrected chi connectivity index (χ3v) is 4.74. The van der Waals surface area contributed by atoms with Crippen LogP contribution in [0, 0.1) is 5.92 Å². The van der Waals surface area contributed by atoms with Crippen molar-refractivity contribution in [3.63, 3.8) is 0 Å². The lowest BCUT2D eigenvalue weighted by Gasteiger charge is -2.04. The third-order valence-electron chi connectivity index (χ3n) is 3.67. The van der Waals surface area contributed by atoms with E-state index in [2.05, 4.69) is 15.6 Å². The molecule has 3 rings (SSSR count). The molecule has 0 spiro atoms. The number of fused-ring (bicyclic) bond motifs is 1. The van der Waals surface area contributed by atoms with Crippen LogP contribution in [0.25, 0.3) is 0 Å². The summed E-state index contributed by atoms with van der Waals surface area (Å²) in [4.78, 5) is 28.9. The van der Waals surface area contributed by atoms with Crippen molar-refractivity contribution in [1.82, 2.24) is 10.3 Å². The normalized spacial score (nSPS) is 16.8. The molecule has 2 N–H and O–H groups in total. The van der Waals surface area contributed by atoms with Gasteiger partial charge in [0.25, 0.3) is 0 Å². The Kier molecular flexibility index (Phi) is 4.00. The molecule has 20 heavy (non-hydrogen) atoms. The van der Waals surface area contributed by atoms with E-state index in [9.17, 15) is 9.59 Å². The van der Waals surface area contributed by atoms with Gasteiger partial charge in [-0.1, -0.05) is 0 Å². The molecule has 2 aliphatic rings. The van der Waals surface area contributed by atoms with Gasteiger partial charge in [-0.05, 0) is 38.5 Å². The zero-order chi connectivity index (χ0) is 13.9. The average Bonchev–Trinajstić information content (AvgIpc) is 3.07. The second-order valence-corrected chi connectivity index (χ2v) is 6.54. The minimum Gasteiger partial charge on any atom is -0.356 e. The van der Waals surface area contributed by atoms with Gasteiger partial charge in [0.15, 0.2) is 5.13 Å². The summed E-state index contributed by atoms with van der Waals surface area (Å²) in [5.74, 6) is 0.362. The van der Waals surface area contributed by atoms with Gasteiger partial charge in [0.1, 0.15) is 0 Å². The number of hydrogen-bond donors (Lipinski definition) is 2. The lowest BCUT2D eigenvalue weighted by molar-refractivity contribution is -0.122. The van der Waals surface area contributed by atoms with Crippen LogP contribution in [0.15, 0.2) is 0 Å². The quantitative estimate of drug-likeness (QED) is 0.787. The van der Waals surface area contributed by atoms with E-state index in [1.54, 1.807) is 11.3 Å². The Bertz CT molecular complexity index is 501. The number of rotatable bonds is 6. The minimum absolute atomic E-state index is 0.0157. The minimum atomic E-state index is -0.0157. The van der Waals surface area contributed by atoms with Crippen LogP contribution in [0.1, 0.15) is 42.7 Å². The van der Waals surface area contributed by atoms with E-state index in [0.29, 0.717) is 19.4 Å². The van der Waals surface area contributed by atoms with Crippen molar-refractivity contribution < 1.29 is 9.59 Å². The summed E-state index contributed by atoms with van der Waals surface area (Å²) in [7, 11) is 0. The Balaban J connectivity index is 1.35. The van der Waals surface area contributed by atoms with Crippen LogP contribution in [0.4, 0.5) is 5.13 Å². The Labute approximate surface area is 122 Å². The van der Waals surface area contributed by atoms with E-state index in [1.807, 2.05) is 0 Å². The molecule has 108 valence electrons. The maximum atomic E-state index is 11.8. The average molecular weight is 293 g/mol. The Morgan fingerprint density at radius 3 is 2.90 bits per heavy atom. The molecule has 1 aromatic heterocycles. The number of aromatic nitrogens is 1. The topological polar surface area (TPSA) is 71.1 Å². The van der Waals surface area contributed by atoms with Gasteiger partial charge in [0.2, 0.25) is 11.8 Å². The van der Waals surface area contributed by atoms with Gasteiger partial charge in [0, 0.05) is 23.8 Å². The largest absolute Gasteiger partial charge is 0.356 e. The van der Waals surface area contributed by atoms with Gasteiger partial charge in [-0.15, -0.1) is 11.3 Å². The molecule has 0 atom stereocenters. The summed E-state index contributed by atoms with van der Waals surface area (Å²) in [5, 5.41) is 6.44. The second kappa shape index (κ2) is 5.91. The summed E-state index contributed by atoms with van der Waals surface area (Å²) >= 11 is 1.59. The lowest BCUT2D eigenvalue weighted by atomic mass is 10.3. The van der Waals surface area contributed by atoms with Crippen LogP contribution in [-0.2, 0) is 22.4 Å². The summed E-state index contributed by atoms with van der Waals surface area (Å²) in [6.45, 7) is 0.580. The monoisotopic (exact) mass is 293 g/mol. The smallest absolute Gasteiger partial charge is 0.226 e. The van der Waals surface area contributed by atoms with E-state index >= 15 is 0 Å². The molecule has 2 aliphatic carbocycles. The maximum absolute atomic E-state index is 11.8. The molecular weight excluding hydrogens is 274 g/mol. The SMILES string of the molecule is O=C(CCCNC(=O)C1CC1)Nc1nc2c(s1)CCC2. The highest BCUT2D eigenvalue weighted by molar-refractivity contribution is 7.15. The van der Waals surface area contributed by atoms with Crippen molar-refractivity contribution >= 4 is 28.3 Å². The number of anilines is 1. The number of nitrogens with zero attached hydrogens (tertiary/aromatic N) is 1. The molecule has 1 saturated carbocycles. The number of amides is 2. The fraction of sp³-hybridized carbons (Fsp3) is 0.643. The number of nitrogens with one attached hydrogen (secondary N) is 2. The molecule has 0 aliphatic heterocycles. The summed E-state index contributed by atoms with van der Waals surface area (Å²) in [6.07, 6.45) is 6.45. The first-order valence-electron chi connectivity index (χ1n) is 7.28. The van der Waals surface area contributed by atoms with Crippen molar-refractivity contribution in [1.29, 1.82) is 0 Å². The van der Waals surface area contributed by atoms with Gasteiger partial charge >= 0.3 is 0 Å². The van der Waals surface area contributed by atoms with Crippen LogP contribution >= 0.6 is 11.3 Å². The van der Waals surface area contributed by atoms with E-state index in [4.69, 9.17) is 0 Å². The van der Waals surface area contributed by atoms with Crippen molar-refractivity contribution in [3.05, 3.63) is 10.6 Å². The predicted octanol–water partition coefficient (Wildman–Crippen LogP) is 1.88. The number of hydrogen-bond acceptors (Lipinski definition) is 4. The lowest BCUT2D eigenvalue weighted by Crippen LogP contribution is -2.26. The zero-order valence-electron chi connectivity index (χ0n) is 11.4. The molecule has 0 bridgehead atoms. The van der Waals surface area contributed by atoms with Gasteiger partial charge in [-0.2, -0.15) is 0 Å². The zero-order valence-corrected chi connectivity index (χ0v) is 12.2. The van der Waals surface area contributed by atoms with Crippen LogP contribution in [0.5, 0.6) is 0 Å². The van der Waals surface area contributed by atoms with E-state index in [0.717, 1.165) is 36.5 Å². The van der Waals surface area contributed by atoms with Crippen molar-refractivity contribution in [2.45, 2.75) is 44.9 Å². The van der Waals surface area contributed by atoms with Crippen molar-refractivity contribution in [2.75, 3.05) is 11.9 Å². The van der Waals surface area contributed by atoms with Crippen molar-refractivity contribution in [2.24, 2.45) is 5.92 Å². The summed E-state index contributed by atoms with van der Waals surface area (Å²) < 4.78 is 0. The molecule has 2 amide bonds. The first kappa shape index (κ1) is 13.5. The maximum Gasteiger partial charge on any atom is 0.226 e. The molecule has 0 radical (unpaired) electrons. The molecule has 0 unspecified atom stereocenters. The van der Waals surface area contributed by atoms with E-state index in [1.165, 1.54) is 11.3 Å². The molecule has 1 aromatic rings. The molecule has 1 fully saturated rings. The second-order valence-electron chi connectivity index (χ2n) is 5.46. The standard InChI is InChI=1S/C14H19N3O2S/c18-12(5-2-8-15-13(19)9-6-7-9)17-14-16-10-3-1-4-11(10)20-14/h9H,1-8H2,(H,15,19)(H,16,17,18). The van der Waals surface area contributed by atoms with E-state index in [-0.39, 0.29) is 17.7 Å². The predicted molar refractivity (Wildman–Crippen MR) is 77.7 cm³/mol. The first-order valence-corrected chi connectivity index (χ1v) is 8.10. The Morgan fingerprint density at radius 2 is 2.15 bits per heavy atom. The molecular formula is C14H19N3O2S. The number of carbonyl (C=O) groups is 2. The highest BCUT2D eigenvalue weighted by Gasteiger charge is 2.29. The Morgan fingerprint density at radius 1 is 1.30 bits per heavy atom.